The van der Waals surface area contributed by atoms with E-state index in [1.807, 2.05) is 30.3 Å². The molecule has 2 aromatic rings. The molecule has 1 aliphatic rings. The van der Waals surface area contributed by atoms with Crippen molar-refractivity contribution < 1.29 is 23.5 Å². The number of nitrogens with zero attached hydrogens (tertiary/aromatic N) is 1. The monoisotopic (exact) mass is 344 g/mol. The lowest BCUT2D eigenvalue weighted by atomic mass is 10.2. The highest BCUT2D eigenvalue weighted by Gasteiger charge is 2.20. The number of rotatable bonds is 5. The van der Waals surface area contributed by atoms with Gasteiger partial charge >= 0.3 is 5.97 Å². The Balaban J connectivity index is 1.54. The summed E-state index contributed by atoms with van der Waals surface area (Å²) < 4.78 is 14.9. The van der Waals surface area contributed by atoms with E-state index in [2.05, 4.69) is 10.5 Å². The van der Waals surface area contributed by atoms with Crippen LogP contribution in [0, 0.1) is 0 Å². The largest absolute Gasteiger partial charge is 0.490 e. The van der Waals surface area contributed by atoms with Crippen molar-refractivity contribution in [2.75, 3.05) is 20.3 Å². The number of esters is 1. The quantitative estimate of drug-likeness (QED) is 0.812. The molecule has 1 N–H and O–H groups in total. The Morgan fingerprint density at radius 1 is 1.36 bits per heavy atom. The molecule has 0 aliphatic carbocycles. The number of hydrogen-bond acceptors (Lipinski definition) is 8. The van der Waals surface area contributed by atoms with E-state index in [1.165, 1.54) is 7.11 Å². The van der Waals surface area contributed by atoms with Gasteiger partial charge in [0.25, 0.3) is 0 Å². The predicted molar refractivity (Wildman–Crippen MR) is 87.7 cm³/mol. The lowest BCUT2D eigenvalue weighted by molar-refractivity contribution is -0.0359. The summed E-state index contributed by atoms with van der Waals surface area (Å²) >= 11 is 0. The molecule has 0 bridgehead atoms. The highest BCUT2D eigenvalue weighted by atomic mass is 16.7. The molecule has 0 saturated carbocycles. The number of ether oxygens (including phenoxy) is 2. The lowest BCUT2D eigenvalue weighted by Gasteiger charge is -2.22. The predicted octanol–water partition coefficient (Wildman–Crippen LogP) is 1.16. The van der Waals surface area contributed by atoms with Crippen molar-refractivity contribution in [3.05, 3.63) is 64.2 Å². The van der Waals surface area contributed by atoms with Gasteiger partial charge < -0.3 is 13.9 Å². The molecule has 0 saturated heterocycles. The lowest BCUT2D eigenvalue weighted by Crippen LogP contribution is -2.40. The number of carbonyl (C=O) groups is 1. The van der Waals surface area contributed by atoms with E-state index >= 15 is 0 Å². The van der Waals surface area contributed by atoms with Crippen LogP contribution < -0.4 is 15.6 Å². The molecule has 0 spiro atoms. The summed E-state index contributed by atoms with van der Waals surface area (Å²) in [5, 5.41) is 0. The van der Waals surface area contributed by atoms with Crippen LogP contribution >= 0.6 is 0 Å². The first-order valence-corrected chi connectivity index (χ1v) is 7.53. The van der Waals surface area contributed by atoms with Gasteiger partial charge in [0.1, 0.15) is 19.0 Å². The SMILES string of the molecule is COc1coc(C(=O)OC[C@H]2CN=C(c3ccccc3)NO2)cc1=O. The molecule has 0 radical (unpaired) electrons. The Bertz CT molecular complexity index is 831. The molecule has 1 aromatic heterocycles. The molecule has 0 fully saturated rings. The topological polar surface area (TPSA) is 99.4 Å². The summed E-state index contributed by atoms with van der Waals surface area (Å²) in [5.74, 6) is -0.340. The highest BCUT2D eigenvalue weighted by molar-refractivity contribution is 5.98. The second kappa shape index (κ2) is 7.63. The molecule has 2 heterocycles. The third-order valence-corrected chi connectivity index (χ3v) is 3.44. The number of aliphatic imine (C=N–C) groups is 1. The van der Waals surface area contributed by atoms with E-state index in [1.54, 1.807) is 0 Å². The summed E-state index contributed by atoms with van der Waals surface area (Å²) in [6.45, 7) is 0.296. The number of methoxy groups -OCH3 is 1. The van der Waals surface area contributed by atoms with Crippen molar-refractivity contribution in [1.29, 1.82) is 0 Å². The maximum Gasteiger partial charge on any atom is 0.374 e. The summed E-state index contributed by atoms with van der Waals surface area (Å²) in [7, 11) is 1.34. The smallest absolute Gasteiger partial charge is 0.374 e. The third kappa shape index (κ3) is 4.04. The fraction of sp³-hybridized carbons (Fsp3) is 0.235. The molecule has 0 amide bonds. The van der Waals surface area contributed by atoms with Crippen molar-refractivity contribution in [3.8, 4) is 5.75 Å². The Morgan fingerprint density at radius 3 is 2.80 bits per heavy atom. The average Bonchev–Trinajstić information content (AvgIpc) is 2.67. The van der Waals surface area contributed by atoms with Crippen molar-refractivity contribution in [3.63, 3.8) is 0 Å². The fourth-order valence-corrected chi connectivity index (χ4v) is 2.13. The van der Waals surface area contributed by atoms with E-state index in [0.29, 0.717) is 12.4 Å². The van der Waals surface area contributed by atoms with Crippen molar-refractivity contribution in [1.82, 2.24) is 5.48 Å². The van der Waals surface area contributed by atoms with Gasteiger partial charge in [0.05, 0.1) is 13.7 Å². The van der Waals surface area contributed by atoms with Gasteiger partial charge in [0, 0.05) is 11.6 Å². The van der Waals surface area contributed by atoms with E-state index < -0.39 is 17.5 Å². The molecule has 8 nitrogen and oxygen atoms in total. The van der Waals surface area contributed by atoms with Crippen LogP contribution in [0.3, 0.4) is 0 Å². The zero-order valence-electron chi connectivity index (χ0n) is 13.4. The minimum Gasteiger partial charge on any atom is -0.490 e. The normalized spacial score (nSPS) is 16.5. The fourth-order valence-electron chi connectivity index (χ4n) is 2.13. The van der Waals surface area contributed by atoms with Gasteiger partial charge in [-0.3, -0.25) is 14.6 Å². The maximum absolute atomic E-state index is 11.9. The Hall–Kier alpha value is -3.13. The van der Waals surface area contributed by atoms with Crippen molar-refractivity contribution in [2.45, 2.75) is 6.10 Å². The zero-order chi connectivity index (χ0) is 17.6. The van der Waals surface area contributed by atoms with Crippen LogP contribution in [0.25, 0.3) is 0 Å². The standard InChI is InChI=1S/C17H16N2O6/c1-22-15-10-23-14(7-13(15)20)17(21)24-9-12-8-18-16(19-25-12)11-5-3-2-4-6-11/h2-7,10,12H,8-9H2,1H3,(H,18,19)/t12-/m1/s1. The van der Waals surface area contributed by atoms with Crippen molar-refractivity contribution >= 4 is 11.8 Å². The van der Waals surface area contributed by atoms with E-state index in [9.17, 15) is 9.59 Å². The molecule has 1 aliphatic heterocycles. The molecule has 1 aromatic carbocycles. The Morgan fingerprint density at radius 2 is 2.16 bits per heavy atom. The summed E-state index contributed by atoms with van der Waals surface area (Å²) in [4.78, 5) is 33.3. The van der Waals surface area contributed by atoms with Gasteiger partial charge in [-0.1, -0.05) is 30.3 Å². The van der Waals surface area contributed by atoms with Crippen LogP contribution in [0.15, 0.2) is 56.9 Å². The van der Waals surface area contributed by atoms with E-state index in [4.69, 9.17) is 18.7 Å². The van der Waals surface area contributed by atoms with Crippen LogP contribution in [-0.2, 0) is 9.57 Å². The second-order valence-corrected chi connectivity index (χ2v) is 5.17. The molecule has 0 unspecified atom stereocenters. The minimum atomic E-state index is -0.763. The van der Waals surface area contributed by atoms with E-state index in [0.717, 1.165) is 17.9 Å². The van der Waals surface area contributed by atoms with Gasteiger partial charge in [-0.25, -0.2) is 10.3 Å². The molecule has 8 heteroatoms. The van der Waals surface area contributed by atoms with Crippen molar-refractivity contribution in [2.24, 2.45) is 4.99 Å². The Kier molecular flexibility index (Phi) is 5.10. The average molecular weight is 344 g/mol. The molecule has 1 atom stereocenters. The molecular formula is C17H16N2O6. The number of hydrogen-bond donors (Lipinski definition) is 1. The minimum absolute atomic E-state index is 0.0131. The molecule has 3 rings (SSSR count). The summed E-state index contributed by atoms with van der Waals surface area (Å²) in [5.41, 5.74) is 3.18. The van der Waals surface area contributed by atoms with Crippen LogP contribution in [-0.4, -0.2) is 38.2 Å². The first-order valence-electron chi connectivity index (χ1n) is 7.53. The zero-order valence-corrected chi connectivity index (χ0v) is 13.4. The van der Waals surface area contributed by atoms with Gasteiger partial charge in [0.15, 0.2) is 5.84 Å². The van der Waals surface area contributed by atoms with Gasteiger partial charge in [-0.05, 0) is 0 Å². The third-order valence-electron chi connectivity index (χ3n) is 3.44. The van der Waals surface area contributed by atoms with Crippen LogP contribution in [0.1, 0.15) is 16.1 Å². The highest BCUT2D eigenvalue weighted by Crippen LogP contribution is 2.09. The van der Waals surface area contributed by atoms with Crippen LogP contribution in [0.4, 0.5) is 0 Å². The number of benzene rings is 1. The molecule has 25 heavy (non-hydrogen) atoms. The van der Waals surface area contributed by atoms with Gasteiger partial charge in [0.2, 0.25) is 16.9 Å². The number of nitrogens with one attached hydrogen (secondary N) is 1. The molecular weight excluding hydrogens is 328 g/mol. The first kappa shape index (κ1) is 16.7. The van der Waals surface area contributed by atoms with Gasteiger partial charge in [-0.15, -0.1) is 0 Å². The first-order chi connectivity index (χ1) is 12.2. The van der Waals surface area contributed by atoms with Crippen LogP contribution in [0.2, 0.25) is 0 Å². The maximum atomic E-state index is 11.9. The molecule has 130 valence electrons. The summed E-state index contributed by atoms with van der Waals surface area (Å²) in [6, 6.07) is 10.5. The number of amidine groups is 1. The van der Waals surface area contributed by atoms with E-state index in [-0.39, 0.29) is 18.1 Å². The Labute approximate surface area is 143 Å². The number of carbonyl (C=O) groups excluding carboxylic acids is 1. The summed E-state index contributed by atoms with van der Waals surface area (Å²) in [6.07, 6.45) is 0.620. The second-order valence-electron chi connectivity index (χ2n) is 5.17. The van der Waals surface area contributed by atoms with Crippen LogP contribution in [0.5, 0.6) is 5.75 Å². The van der Waals surface area contributed by atoms with Gasteiger partial charge in [-0.2, -0.15) is 0 Å². The number of hydroxylamine groups is 1.